The minimum absolute atomic E-state index is 0.195. The molecule has 1 radical (unpaired) electrons. The van der Waals surface area contributed by atoms with E-state index in [2.05, 4.69) is 147 Å². The molecule has 0 saturated carbocycles. The number of nitrogens with zero attached hydrogens (tertiary/aromatic N) is 2. The van der Waals surface area contributed by atoms with Crippen LogP contribution in [0.1, 0.15) is 157 Å². The predicted molar refractivity (Wildman–Crippen MR) is 258 cm³/mol. The maximum absolute atomic E-state index is 11.6. The van der Waals surface area contributed by atoms with Gasteiger partial charge in [-0.2, -0.15) is 0 Å². The number of rotatable bonds is 13. The maximum atomic E-state index is 11.6. The lowest BCUT2D eigenvalue weighted by Crippen LogP contribution is -2.39. The average Bonchev–Trinajstić information content (AvgIpc) is 3.51. The van der Waals surface area contributed by atoms with Gasteiger partial charge in [0.05, 0.1) is 12.8 Å². The van der Waals surface area contributed by atoms with Crippen molar-refractivity contribution in [3.05, 3.63) is 129 Å². The number of anilines is 1. The van der Waals surface area contributed by atoms with E-state index in [0.29, 0.717) is 12.3 Å². The van der Waals surface area contributed by atoms with Gasteiger partial charge in [0.15, 0.2) is 0 Å². The van der Waals surface area contributed by atoms with E-state index in [0.717, 1.165) is 61.4 Å². The number of aryl methyl sites for hydroxylation is 5. The van der Waals surface area contributed by atoms with Crippen molar-refractivity contribution in [1.82, 2.24) is 4.90 Å². The highest BCUT2D eigenvalue weighted by Gasteiger charge is 2.33. The van der Waals surface area contributed by atoms with Crippen LogP contribution in [0.5, 0.6) is 5.75 Å². The summed E-state index contributed by atoms with van der Waals surface area (Å²) in [6.45, 7) is 43.5. The van der Waals surface area contributed by atoms with Crippen LogP contribution >= 0.6 is 0 Å². The van der Waals surface area contributed by atoms with E-state index in [1.807, 2.05) is 20.8 Å². The Labute approximate surface area is 356 Å². The molecule has 3 aromatic carbocycles. The molecule has 2 aliphatic heterocycles. The van der Waals surface area contributed by atoms with Crippen LogP contribution in [0.15, 0.2) is 78.8 Å². The molecule has 0 aliphatic carbocycles. The lowest BCUT2D eigenvalue weighted by atomic mass is 9.57. The summed E-state index contributed by atoms with van der Waals surface area (Å²) < 4.78 is 5.25. The Morgan fingerprint density at radius 1 is 0.914 bits per heavy atom. The zero-order valence-electron chi connectivity index (χ0n) is 39.3. The maximum Gasteiger partial charge on any atom is 0.237 e. The van der Waals surface area contributed by atoms with E-state index in [1.165, 1.54) is 75.0 Å². The van der Waals surface area contributed by atoms with Crippen LogP contribution in [0.3, 0.4) is 0 Å². The van der Waals surface area contributed by atoms with E-state index >= 15 is 0 Å². The fourth-order valence-corrected chi connectivity index (χ4v) is 7.80. The Kier molecular flexibility index (Phi) is 21.2. The summed E-state index contributed by atoms with van der Waals surface area (Å²) in [6.07, 6.45) is 9.77. The lowest BCUT2D eigenvalue weighted by molar-refractivity contribution is -0.112. The Hall–Kier alpha value is -4.25. The van der Waals surface area contributed by atoms with Crippen molar-refractivity contribution >= 4 is 30.4 Å². The fourth-order valence-electron chi connectivity index (χ4n) is 7.80. The van der Waals surface area contributed by atoms with Crippen molar-refractivity contribution in [3.63, 3.8) is 0 Å². The first-order valence-electron chi connectivity index (χ1n) is 22.1. The topological polar surface area (TPSA) is 32.8 Å². The number of carbonyl (C=O) groups is 1. The summed E-state index contributed by atoms with van der Waals surface area (Å²) in [4.78, 5) is 16.4. The molecule has 0 N–H and O–H groups in total. The zero-order valence-corrected chi connectivity index (χ0v) is 39.3. The number of ether oxygens (including phenoxy) is 1. The summed E-state index contributed by atoms with van der Waals surface area (Å²) in [7, 11) is 3.41. The molecule has 0 bridgehead atoms. The molecular formula is C53H78BN2O2. The van der Waals surface area contributed by atoms with Crippen LogP contribution in [0, 0.1) is 27.7 Å². The SMILES string of the molecule is C=C(C)/C(C)=C\c1c(C)cc(OC)cc1C.C=C1[B]C(=O)CCC1N1Cc2cc(N(CCC)CCC)ccc2C1=C.CC.CCCCc1cc(C)c(C(C)C)cc1C. The summed E-state index contributed by atoms with van der Waals surface area (Å²) in [5.74, 6) is 1.56. The number of carbonyl (C=O) groups excluding carboxylic acids is 1. The van der Waals surface area contributed by atoms with E-state index in [4.69, 9.17) is 4.74 Å². The molecule has 1 unspecified atom stereocenters. The van der Waals surface area contributed by atoms with Gasteiger partial charge >= 0.3 is 0 Å². The molecule has 58 heavy (non-hydrogen) atoms. The third-order valence-electron chi connectivity index (χ3n) is 11.2. The fraction of sp³-hybridized carbons (Fsp3) is 0.491. The van der Waals surface area contributed by atoms with Crippen LogP contribution in [0.2, 0.25) is 0 Å². The van der Waals surface area contributed by atoms with Gasteiger partial charge in [-0.1, -0.05) is 103 Å². The van der Waals surface area contributed by atoms with Gasteiger partial charge < -0.3 is 19.3 Å². The second-order valence-corrected chi connectivity index (χ2v) is 16.3. The second kappa shape index (κ2) is 24.6. The van der Waals surface area contributed by atoms with Crippen LogP contribution in [-0.4, -0.2) is 44.1 Å². The van der Waals surface area contributed by atoms with Crippen LogP contribution in [0.25, 0.3) is 11.8 Å². The van der Waals surface area contributed by atoms with Gasteiger partial charge in [-0.3, -0.25) is 0 Å². The first-order valence-corrected chi connectivity index (χ1v) is 22.1. The zero-order chi connectivity index (χ0) is 43.7. The van der Waals surface area contributed by atoms with Crippen molar-refractivity contribution in [3.8, 4) is 5.75 Å². The molecule has 0 spiro atoms. The van der Waals surface area contributed by atoms with Gasteiger partial charge in [0.1, 0.15) is 5.75 Å². The van der Waals surface area contributed by atoms with Gasteiger partial charge in [0.2, 0.25) is 7.28 Å². The second-order valence-electron chi connectivity index (χ2n) is 16.3. The average molecular weight is 786 g/mol. The van der Waals surface area contributed by atoms with Gasteiger partial charge in [-0.15, -0.1) is 6.58 Å². The number of hydrogen-bond donors (Lipinski definition) is 0. The molecule has 315 valence electrons. The first kappa shape index (κ1) is 49.9. The molecule has 2 heterocycles. The normalized spacial score (nSPS) is 14.7. The molecule has 0 amide bonds. The highest BCUT2D eigenvalue weighted by atomic mass is 16.5. The number of hydrogen-bond acceptors (Lipinski definition) is 4. The first-order chi connectivity index (χ1) is 27.6. The van der Waals surface area contributed by atoms with Crippen LogP contribution in [-0.2, 0) is 17.8 Å². The van der Waals surface area contributed by atoms with Crippen molar-refractivity contribution in [2.75, 3.05) is 25.1 Å². The predicted octanol–water partition coefficient (Wildman–Crippen LogP) is 14.1. The Morgan fingerprint density at radius 2 is 1.53 bits per heavy atom. The van der Waals surface area contributed by atoms with Gasteiger partial charge in [0, 0.05) is 42.6 Å². The van der Waals surface area contributed by atoms with E-state index < -0.39 is 0 Å². The molecule has 1 atom stereocenters. The molecule has 5 rings (SSSR count). The highest BCUT2D eigenvalue weighted by molar-refractivity contribution is 6.80. The van der Waals surface area contributed by atoms with Gasteiger partial charge in [-0.05, 0) is 160 Å². The standard InChI is InChI=1S/C21H28BN2O.C15H20O.C15H24.C2H6/c1-5-11-23(12-6-2)18-7-8-19-16(4)24(14-17(19)13-18)20-9-10-21(25)22-15(20)3;1-10(2)11(3)9-15-12(4)7-14(16-6)8-13(15)5;1-6-7-8-14-9-13(5)15(11(2)3)10-12(14)4;1-2/h7-8,13,20H,3-6,9-12,14H2,1-2H3;7-9H,1H2,2-6H3;9-11H,6-8H2,1-5H3;1-2H3/b;11-9-;;. The smallest absolute Gasteiger partial charge is 0.237 e. The molecule has 2 aliphatic rings. The van der Waals surface area contributed by atoms with Crippen molar-refractivity contribution in [2.45, 2.75) is 153 Å². The largest absolute Gasteiger partial charge is 0.497 e. The third-order valence-corrected chi connectivity index (χ3v) is 11.2. The number of benzene rings is 3. The Balaban J connectivity index is 0.000000308. The van der Waals surface area contributed by atoms with Crippen molar-refractivity contribution in [1.29, 1.82) is 0 Å². The summed E-state index contributed by atoms with van der Waals surface area (Å²) in [5, 5.41) is 0. The monoisotopic (exact) mass is 786 g/mol. The molecule has 3 aromatic rings. The molecule has 0 aromatic heterocycles. The Morgan fingerprint density at radius 3 is 2.05 bits per heavy atom. The minimum atomic E-state index is 0.195. The van der Waals surface area contributed by atoms with Gasteiger partial charge in [0.25, 0.3) is 0 Å². The quantitative estimate of drug-likeness (QED) is 0.128. The molecular weight excluding hydrogens is 707 g/mol. The number of fused-ring (bicyclic) bond motifs is 1. The number of unbranched alkanes of at least 4 members (excludes halogenated alkanes) is 1. The van der Waals surface area contributed by atoms with Crippen LogP contribution < -0.4 is 9.64 Å². The molecule has 5 heteroatoms. The summed E-state index contributed by atoms with van der Waals surface area (Å²) in [5.41, 5.74) is 18.1. The highest BCUT2D eigenvalue weighted by Crippen LogP contribution is 2.38. The molecule has 1 fully saturated rings. The molecule has 4 nitrogen and oxygen atoms in total. The molecule has 1 saturated heterocycles. The van der Waals surface area contributed by atoms with E-state index in [9.17, 15) is 4.79 Å². The van der Waals surface area contributed by atoms with Crippen molar-refractivity contribution in [2.24, 2.45) is 0 Å². The van der Waals surface area contributed by atoms with Gasteiger partial charge in [-0.25, -0.2) is 0 Å². The summed E-state index contributed by atoms with van der Waals surface area (Å²) >= 11 is 0. The Bertz CT molecular complexity index is 1850. The van der Waals surface area contributed by atoms with Crippen molar-refractivity contribution < 1.29 is 9.53 Å². The summed E-state index contributed by atoms with van der Waals surface area (Å²) in [6, 6.07) is 15.9. The van der Waals surface area contributed by atoms with Crippen LogP contribution in [0.4, 0.5) is 5.69 Å². The van der Waals surface area contributed by atoms with E-state index in [-0.39, 0.29) is 11.7 Å². The number of methoxy groups -OCH3 is 1. The minimum Gasteiger partial charge on any atom is -0.497 e. The lowest BCUT2D eigenvalue weighted by Gasteiger charge is -2.34. The number of allylic oxidation sites excluding steroid dienone is 2. The third kappa shape index (κ3) is 14.0. The van der Waals surface area contributed by atoms with E-state index in [1.54, 1.807) is 20.0 Å².